The van der Waals surface area contributed by atoms with Crippen molar-refractivity contribution in [2.75, 3.05) is 9.80 Å². The van der Waals surface area contributed by atoms with Crippen LogP contribution in [0.3, 0.4) is 0 Å². The number of benzene rings is 7. The molecule has 0 unspecified atom stereocenters. The average Bonchev–Trinajstić information content (AvgIpc) is 3.15. The van der Waals surface area contributed by atoms with E-state index in [1.54, 1.807) is 0 Å². The summed E-state index contributed by atoms with van der Waals surface area (Å²) in [7, 11) is 0. The minimum absolute atomic E-state index is 0.102. The summed E-state index contributed by atoms with van der Waals surface area (Å²) in [6.07, 6.45) is 0. The molecule has 9 rings (SSSR count). The van der Waals surface area contributed by atoms with Crippen LogP contribution in [0.4, 0.5) is 11.4 Å². The number of carbonyl (C=O) groups excluding carboxylic acids is 4. The number of fused-ring (bicyclic) bond motifs is 2. The minimum atomic E-state index is -0.339. The normalized spacial score (nSPS) is 14.7. The minimum Gasteiger partial charge on any atom is -0.268 e. The summed E-state index contributed by atoms with van der Waals surface area (Å²) in [5, 5.41) is 6.44. The Morgan fingerprint density at radius 1 is 0.352 bits per heavy atom. The molecule has 0 saturated carbocycles. The standard InChI is InChI=1S/C48H42N2O4/c1-23(2)27-9-11-29(25(5)6)39(21-27)49-45(51)35-17-13-31-33-15-19-37-44-38(20-16-34(42(33)44)32-14-18-36(46(49)52)43(35)41(31)32)48(54)50(47(37)53)40-22-28(24(3)4)10-12-30(40)26(7)8/h9-26H,1-8H3. The number of carbonyl (C=O) groups is 4. The van der Waals surface area contributed by atoms with Crippen molar-refractivity contribution in [2.24, 2.45) is 0 Å². The molecular weight excluding hydrogens is 669 g/mol. The molecule has 0 N–H and O–H groups in total. The van der Waals surface area contributed by atoms with Crippen molar-refractivity contribution in [3.63, 3.8) is 0 Å². The van der Waals surface area contributed by atoms with Crippen LogP contribution in [0.1, 0.15) is 143 Å². The maximum Gasteiger partial charge on any atom is 0.265 e. The largest absolute Gasteiger partial charge is 0.268 e. The van der Waals surface area contributed by atoms with E-state index in [9.17, 15) is 19.2 Å². The fourth-order valence-corrected chi connectivity index (χ4v) is 8.91. The Balaban J connectivity index is 1.26. The highest BCUT2D eigenvalue weighted by Gasteiger charge is 2.39. The summed E-state index contributed by atoms with van der Waals surface area (Å²) in [4.78, 5) is 60.9. The monoisotopic (exact) mass is 710 g/mol. The number of rotatable bonds is 6. The Morgan fingerprint density at radius 3 is 0.907 bits per heavy atom. The zero-order valence-electron chi connectivity index (χ0n) is 31.9. The van der Waals surface area contributed by atoms with E-state index in [1.807, 2.05) is 72.8 Å². The molecule has 0 radical (unpaired) electrons. The van der Waals surface area contributed by atoms with Gasteiger partial charge in [-0.15, -0.1) is 0 Å². The molecule has 2 heterocycles. The van der Waals surface area contributed by atoms with Crippen LogP contribution in [0.5, 0.6) is 0 Å². The summed E-state index contributed by atoms with van der Waals surface area (Å²) in [6, 6.07) is 27.4. The Morgan fingerprint density at radius 2 is 0.648 bits per heavy atom. The highest BCUT2D eigenvalue weighted by molar-refractivity contribution is 6.45. The van der Waals surface area contributed by atoms with Crippen molar-refractivity contribution in [2.45, 2.75) is 79.1 Å². The van der Waals surface area contributed by atoms with Crippen molar-refractivity contribution < 1.29 is 19.2 Å². The molecule has 2 aliphatic rings. The number of nitrogens with zero attached hydrogens (tertiary/aromatic N) is 2. The predicted octanol–water partition coefficient (Wildman–Crippen LogP) is 11.8. The molecule has 4 amide bonds. The Hall–Kier alpha value is -5.88. The lowest BCUT2D eigenvalue weighted by Crippen LogP contribution is -2.41. The first-order chi connectivity index (χ1) is 25.8. The quantitative estimate of drug-likeness (QED) is 0.0978. The van der Waals surface area contributed by atoms with Gasteiger partial charge in [0.25, 0.3) is 23.6 Å². The van der Waals surface area contributed by atoms with Gasteiger partial charge in [-0.05, 0) is 115 Å². The van der Waals surface area contributed by atoms with Gasteiger partial charge in [-0.25, -0.2) is 9.80 Å². The van der Waals surface area contributed by atoms with Gasteiger partial charge in [0.2, 0.25) is 0 Å². The van der Waals surface area contributed by atoms with Crippen LogP contribution in [-0.4, -0.2) is 23.6 Å². The highest BCUT2D eigenvalue weighted by Crippen LogP contribution is 2.48. The summed E-state index contributed by atoms with van der Waals surface area (Å²) in [5.41, 5.74) is 7.20. The highest BCUT2D eigenvalue weighted by atomic mass is 16.2. The number of amides is 4. The lowest BCUT2D eigenvalue weighted by molar-refractivity contribution is 0.0877. The molecule has 268 valence electrons. The zero-order valence-corrected chi connectivity index (χ0v) is 31.9. The van der Waals surface area contributed by atoms with E-state index in [4.69, 9.17) is 0 Å². The van der Waals surface area contributed by atoms with Gasteiger partial charge in [0.1, 0.15) is 0 Å². The lowest BCUT2D eigenvalue weighted by Gasteiger charge is -2.32. The molecule has 0 aromatic heterocycles. The van der Waals surface area contributed by atoms with Crippen LogP contribution in [0, 0.1) is 0 Å². The molecule has 7 aromatic carbocycles. The van der Waals surface area contributed by atoms with Crippen LogP contribution in [-0.2, 0) is 0 Å². The third-order valence-corrected chi connectivity index (χ3v) is 11.8. The van der Waals surface area contributed by atoms with Crippen molar-refractivity contribution in [3.8, 4) is 0 Å². The Kier molecular flexibility index (Phi) is 7.42. The van der Waals surface area contributed by atoms with Crippen molar-refractivity contribution in [3.05, 3.63) is 129 Å². The van der Waals surface area contributed by atoms with Gasteiger partial charge in [-0.3, -0.25) is 19.2 Å². The molecule has 0 fully saturated rings. The van der Waals surface area contributed by atoms with Gasteiger partial charge in [0.15, 0.2) is 0 Å². The zero-order chi connectivity index (χ0) is 38.1. The number of hydrogen-bond donors (Lipinski definition) is 0. The summed E-state index contributed by atoms with van der Waals surface area (Å²) in [5.74, 6) is -0.699. The van der Waals surface area contributed by atoms with Gasteiger partial charge in [0.05, 0.1) is 11.4 Å². The summed E-state index contributed by atoms with van der Waals surface area (Å²) in [6.45, 7) is 16.7. The van der Waals surface area contributed by atoms with Crippen molar-refractivity contribution in [1.82, 2.24) is 0 Å². The second-order valence-electron chi connectivity index (χ2n) is 16.3. The Labute approximate surface area is 314 Å². The maximum atomic E-state index is 14.5. The summed E-state index contributed by atoms with van der Waals surface area (Å²) >= 11 is 0. The van der Waals surface area contributed by atoms with E-state index >= 15 is 0 Å². The maximum absolute atomic E-state index is 14.5. The van der Waals surface area contributed by atoms with Crippen LogP contribution in [0.15, 0.2) is 84.9 Å². The van der Waals surface area contributed by atoms with Crippen molar-refractivity contribution >= 4 is 78.1 Å². The third kappa shape index (κ3) is 4.52. The molecule has 0 bridgehead atoms. The van der Waals surface area contributed by atoms with E-state index in [0.717, 1.165) is 54.6 Å². The molecule has 0 atom stereocenters. The molecular formula is C48H42N2O4. The van der Waals surface area contributed by atoms with Gasteiger partial charge in [-0.1, -0.05) is 104 Å². The topological polar surface area (TPSA) is 74.8 Å². The van der Waals surface area contributed by atoms with Crippen molar-refractivity contribution in [1.29, 1.82) is 0 Å². The summed E-state index contributed by atoms with van der Waals surface area (Å²) < 4.78 is 0. The SMILES string of the molecule is CC(C)c1ccc(C(C)C)c(N2C(=O)c3ccc4c5ccc6c7c(ccc(c8ccc(c3c48)C2=O)c75)C(=O)N(c2cc(C(C)C)ccc2C(C)C)C6=O)c1. The van der Waals surface area contributed by atoms with E-state index in [1.165, 1.54) is 9.80 Å². The molecule has 0 saturated heterocycles. The average molecular weight is 711 g/mol. The lowest BCUT2D eigenvalue weighted by atomic mass is 9.82. The first kappa shape index (κ1) is 33.9. The molecule has 2 aliphatic heterocycles. The molecule has 6 heteroatoms. The van der Waals surface area contributed by atoms with Gasteiger partial charge in [0, 0.05) is 33.0 Å². The van der Waals surface area contributed by atoms with Crippen LogP contribution in [0.2, 0.25) is 0 Å². The van der Waals surface area contributed by atoms with Gasteiger partial charge in [-0.2, -0.15) is 0 Å². The van der Waals surface area contributed by atoms with E-state index in [-0.39, 0.29) is 47.3 Å². The first-order valence-corrected chi connectivity index (χ1v) is 19.1. The number of imide groups is 2. The molecule has 54 heavy (non-hydrogen) atoms. The number of anilines is 2. The van der Waals surface area contributed by atoms with Gasteiger partial charge < -0.3 is 0 Å². The first-order valence-electron chi connectivity index (χ1n) is 19.1. The smallest absolute Gasteiger partial charge is 0.265 e. The predicted molar refractivity (Wildman–Crippen MR) is 219 cm³/mol. The fourth-order valence-electron chi connectivity index (χ4n) is 8.91. The van der Waals surface area contributed by atoms with Crippen LogP contribution >= 0.6 is 0 Å². The third-order valence-electron chi connectivity index (χ3n) is 11.8. The van der Waals surface area contributed by atoms with E-state index in [0.29, 0.717) is 44.4 Å². The second-order valence-corrected chi connectivity index (χ2v) is 16.3. The van der Waals surface area contributed by atoms with Gasteiger partial charge >= 0.3 is 0 Å². The fraction of sp³-hybridized carbons (Fsp3) is 0.250. The molecule has 0 spiro atoms. The second kappa shape index (κ2) is 11.8. The Bertz CT molecular complexity index is 2510. The molecule has 6 nitrogen and oxygen atoms in total. The molecule has 7 aromatic rings. The van der Waals surface area contributed by atoms with E-state index < -0.39 is 0 Å². The van der Waals surface area contributed by atoms with E-state index in [2.05, 4.69) is 67.5 Å². The van der Waals surface area contributed by atoms with Crippen LogP contribution < -0.4 is 9.80 Å². The number of hydrogen-bond acceptors (Lipinski definition) is 4. The van der Waals surface area contributed by atoms with Crippen LogP contribution in [0.25, 0.3) is 43.1 Å². The molecule has 0 aliphatic carbocycles.